The lowest BCUT2D eigenvalue weighted by atomic mass is 9.90. The topological polar surface area (TPSA) is 113 Å². The van der Waals surface area contributed by atoms with Gasteiger partial charge >= 0.3 is 0 Å². The standard InChI is InChI=1S/C23H25N3O5/c1-15-18-14-20(25-19(18)9-10-21(15)31-13-12-30-2)23(28)24-11-3-4-16-5-7-17(8-6-16)22(27)26-29/h5-10,14-15,21,25,29H,11-13H2,1-2H3,(H,24,28)(H,26,27). The molecule has 3 rings (SSSR count). The van der Waals surface area contributed by atoms with Gasteiger partial charge in [-0.1, -0.05) is 24.8 Å². The number of carbonyl (C=O) groups is 2. The van der Waals surface area contributed by atoms with Crippen LogP contribution in [-0.4, -0.2) is 55.0 Å². The summed E-state index contributed by atoms with van der Waals surface area (Å²) in [4.78, 5) is 26.9. The van der Waals surface area contributed by atoms with Gasteiger partial charge in [-0.25, -0.2) is 5.48 Å². The zero-order valence-electron chi connectivity index (χ0n) is 17.4. The highest BCUT2D eigenvalue weighted by molar-refractivity contribution is 5.94. The maximum Gasteiger partial charge on any atom is 0.274 e. The second-order valence-corrected chi connectivity index (χ2v) is 7.03. The van der Waals surface area contributed by atoms with Crippen LogP contribution in [0.15, 0.2) is 36.4 Å². The molecule has 8 nitrogen and oxygen atoms in total. The lowest BCUT2D eigenvalue weighted by Gasteiger charge is -2.24. The van der Waals surface area contributed by atoms with Crippen molar-refractivity contribution in [3.05, 3.63) is 64.5 Å². The van der Waals surface area contributed by atoms with Crippen molar-refractivity contribution in [2.75, 3.05) is 26.9 Å². The number of hydroxylamine groups is 1. The minimum atomic E-state index is -0.586. The maximum absolute atomic E-state index is 12.5. The molecule has 1 aromatic heterocycles. The molecular formula is C23H25N3O5. The van der Waals surface area contributed by atoms with Crippen molar-refractivity contribution in [3.63, 3.8) is 0 Å². The molecule has 0 bridgehead atoms. The van der Waals surface area contributed by atoms with E-state index in [1.165, 1.54) is 0 Å². The summed E-state index contributed by atoms with van der Waals surface area (Å²) in [6, 6.07) is 8.29. The predicted octanol–water partition coefficient (Wildman–Crippen LogP) is 2.08. The van der Waals surface area contributed by atoms with E-state index >= 15 is 0 Å². The number of aromatic nitrogens is 1. The van der Waals surface area contributed by atoms with E-state index in [9.17, 15) is 9.59 Å². The largest absolute Gasteiger partial charge is 0.382 e. The Bertz CT molecular complexity index is 1010. The number of hydrogen-bond acceptors (Lipinski definition) is 5. The van der Waals surface area contributed by atoms with E-state index in [1.54, 1.807) is 36.9 Å². The van der Waals surface area contributed by atoms with Crippen molar-refractivity contribution in [2.24, 2.45) is 0 Å². The van der Waals surface area contributed by atoms with Gasteiger partial charge in [-0.3, -0.25) is 14.8 Å². The summed E-state index contributed by atoms with van der Waals surface area (Å²) in [6.45, 7) is 3.29. The van der Waals surface area contributed by atoms with E-state index < -0.39 is 5.91 Å². The van der Waals surface area contributed by atoms with E-state index in [0.717, 1.165) is 11.3 Å². The Morgan fingerprint density at radius 1 is 1.19 bits per heavy atom. The highest BCUT2D eigenvalue weighted by atomic mass is 16.5. The van der Waals surface area contributed by atoms with Gasteiger partial charge < -0.3 is 19.8 Å². The first-order valence-corrected chi connectivity index (χ1v) is 9.86. The number of nitrogens with one attached hydrogen (secondary N) is 3. The molecule has 8 heteroatoms. The van der Waals surface area contributed by atoms with Crippen LogP contribution in [0.3, 0.4) is 0 Å². The lowest BCUT2D eigenvalue weighted by molar-refractivity contribution is 0.0295. The van der Waals surface area contributed by atoms with Crippen LogP contribution in [0.2, 0.25) is 0 Å². The molecule has 0 radical (unpaired) electrons. The average Bonchev–Trinajstić information content (AvgIpc) is 3.23. The monoisotopic (exact) mass is 423 g/mol. The SMILES string of the molecule is COCCOC1C=Cc2[nH]c(C(=O)NCC#Cc3ccc(C(=O)NO)cc3)cc2C1C. The van der Waals surface area contributed by atoms with Crippen LogP contribution in [0.4, 0.5) is 0 Å². The zero-order valence-corrected chi connectivity index (χ0v) is 17.4. The van der Waals surface area contributed by atoms with E-state index in [0.29, 0.717) is 30.0 Å². The third-order valence-corrected chi connectivity index (χ3v) is 4.98. The quantitative estimate of drug-likeness (QED) is 0.236. The first kappa shape index (κ1) is 22.3. The van der Waals surface area contributed by atoms with E-state index in [2.05, 4.69) is 29.1 Å². The molecule has 1 aliphatic rings. The Hall–Kier alpha value is -3.38. The van der Waals surface area contributed by atoms with Crippen LogP contribution in [0.5, 0.6) is 0 Å². The van der Waals surface area contributed by atoms with E-state index in [-0.39, 0.29) is 24.5 Å². The van der Waals surface area contributed by atoms with Crippen molar-refractivity contribution < 1.29 is 24.3 Å². The molecule has 31 heavy (non-hydrogen) atoms. The van der Waals surface area contributed by atoms with Gasteiger partial charge in [0.25, 0.3) is 11.8 Å². The minimum absolute atomic E-state index is 0.0601. The highest BCUT2D eigenvalue weighted by Gasteiger charge is 2.26. The predicted molar refractivity (Wildman–Crippen MR) is 115 cm³/mol. The number of aromatic amines is 1. The van der Waals surface area contributed by atoms with Crippen LogP contribution in [0.25, 0.3) is 6.08 Å². The van der Waals surface area contributed by atoms with Crippen molar-refractivity contribution in [1.82, 2.24) is 15.8 Å². The zero-order chi connectivity index (χ0) is 22.2. The molecule has 162 valence electrons. The number of H-pyrrole nitrogens is 1. The minimum Gasteiger partial charge on any atom is -0.382 e. The summed E-state index contributed by atoms with van der Waals surface area (Å²) < 4.78 is 10.9. The molecule has 0 fully saturated rings. The van der Waals surface area contributed by atoms with E-state index in [1.807, 2.05) is 18.2 Å². The van der Waals surface area contributed by atoms with Gasteiger partial charge in [-0.2, -0.15) is 0 Å². The maximum atomic E-state index is 12.5. The molecule has 2 unspecified atom stereocenters. The molecule has 0 spiro atoms. The Labute approximate surface area is 180 Å². The highest BCUT2D eigenvalue weighted by Crippen LogP contribution is 2.31. The molecule has 1 aromatic carbocycles. The summed E-state index contributed by atoms with van der Waals surface area (Å²) in [5, 5.41) is 11.4. The molecular weight excluding hydrogens is 398 g/mol. The third kappa shape index (κ3) is 5.61. The van der Waals surface area contributed by atoms with Gasteiger partial charge in [0.2, 0.25) is 0 Å². The van der Waals surface area contributed by atoms with Gasteiger partial charge in [0, 0.05) is 29.8 Å². The van der Waals surface area contributed by atoms with Gasteiger partial charge in [0.05, 0.1) is 25.9 Å². The molecule has 4 N–H and O–H groups in total. The molecule has 0 saturated carbocycles. The number of benzene rings is 1. The number of methoxy groups -OCH3 is 1. The third-order valence-electron chi connectivity index (χ3n) is 4.98. The number of fused-ring (bicyclic) bond motifs is 1. The number of ether oxygens (including phenoxy) is 2. The van der Waals surface area contributed by atoms with Crippen molar-refractivity contribution in [1.29, 1.82) is 0 Å². The van der Waals surface area contributed by atoms with Crippen molar-refractivity contribution >= 4 is 17.9 Å². The van der Waals surface area contributed by atoms with Crippen LogP contribution >= 0.6 is 0 Å². The first-order chi connectivity index (χ1) is 15.0. The number of carbonyl (C=O) groups excluding carboxylic acids is 2. The second-order valence-electron chi connectivity index (χ2n) is 7.03. The van der Waals surface area contributed by atoms with Crippen molar-refractivity contribution in [3.8, 4) is 11.8 Å². The van der Waals surface area contributed by atoms with Crippen LogP contribution in [0.1, 0.15) is 50.5 Å². The molecule has 2 aromatic rings. The molecule has 1 heterocycles. The van der Waals surface area contributed by atoms with Crippen molar-refractivity contribution in [2.45, 2.75) is 18.9 Å². The molecule has 1 aliphatic carbocycles. The molecule has 0 aliphatic heterocycles. The first-order valence-electron chi connectivity index (χ1n) is 9.86. The number of amides is 2. The lowest BCUT2D eigenvalue weighted by Crippen LogP contribution is -2.24. The van der Waals surface area contributed by atoms with Gasteiger partial charge in [-0.05, 0) is 42.0 Å². The Morgan fingerprint density at radius 3 is 2.68 bits per heavy atom. The fraction of sp³-hybridized carbons (Fsp3) is 0.304. The molecule has 2 atom stereocenters. The fourth-order valence-corrected chi connectivity index (χ4v) is 3.26. The molecule has 0 saturated heterocycles. The fourth-order valence-electron chi connectivity index (χ4n) is 3.26. The normalized spacial score (nSPS) is 16.7. The van der Waals surface area contributed by atoms with Crippen LogP contribution < -0.4 is 10.8 Å². The van der Waals surface area contributed by atoms with Gasteiger partial charge in [0.1, 0.15) is 5.69 Å². The number of hydrogen-bond donors (Lipinski definition) is 4. The summed E-state index contributed by atoms with van der Waals surface area (Å²) >= 11 is 0. The summed E-state index contributed by atoms with van der Waals surface area (Å²) in [6.07, 6.45) is 3.86. The Balaban J connectivity index is 1.55. The van der Waals surface area contributed by atoms with Gasteiger partial charge in [-0.15, -0.1) is 0 Å². The van der Waals surface area contributed by atoms with Crippen LogP contribution in [0, 0.1) is 11.8 Å². The average molecular weight is 423 g/mol. The van der Waals surface area contributed by atoms with E-state index in [4.69, 9.17) is 14.7 Å². The Morgan fingerprint density at radius 2 is 1.97 bits per heavy atom. The summed E-state index contributed by atoms with van der Waals surface area (Å²) in [5.41, 5.74) is 5.00. The smallest absolute Gasteiger partial charge is 0.274 e. The Kier molecular flexibility index (Phi) is 7.62. The summed E-state index contributed by atoms with van der Waals surface area (Å²) in [5.74, 6) is 5.09. The summed E-state index contributed by atoms with van der Waals surface area (Å²) in [7, 11) is 1.64. The molecule has 2 amide bonds. The van der Waals surface area contributed by atoms with Crippen LogP contribution in [-0.2, 0) is 9.47 Å². The second kappa shape index (κ2) is 10.6. The van der Waals surface area contributed by atoms with Gasteiger partial charge in [0.15, 0.2) is 0 Å². The number of rotatable bonds is 7.